The molecule has 0 radical (unpaired) electrons. The third kappa shape index (κ3) is 3.06. The molecule has 134 valence electrons. The summed E-state index contributed by atoms with van der Waals surface area (Å²) in [4.78, 5) is 38.4. The van der Waals surface area contributed by atoms with Crippen molar-refractivity contribution in [2.75, 3.05) is 11.5 Å². The zero-order valence-electron chi connectivity index (χ0n) is 14.1. The molecule has 9 heteroatoms. The van der Waals surface area contributed by atoms with Gasteiger partial charge in [0.15, 0.2) is 0 Å². The number of aryl methyl sites for hydroxylation is 2. The molecule has 3 rings (SSSR count). The number of halogens is 1. The van der Waals surface area contributed by atoms with Gasteiger partial charge in [-0.25, -0.2) is 14.4 Å². The zero-order chi connectivity index (χ0) is 19.0. The summed E-state index contributed by atoms with van der Waals surface area (Å²) in [5, 5.41) is 0. The molecule has 0 aliphatic carbocycles. The molecule has 2 aromatic heterocycles. The van der Waals surface area contributed by atoms with Crippen molar-refractivity contribution >= 4 is 11.6 Å². The van der Waals surface area contributed by atoms with E-state index in [1.165, 1.54) is 24.3 Å². The van der Waals surface area contributed by atoms with Crippen LogP contribution in [0.4, 0.5) is 16.0 Å². The van der Waals surface area contributed by atoms with Gasteiger partial charge in [-0.2, -0.15) is 0 Å². The Bertz CT molecular complexity index is 1020. The predicted molar refractivity (Wildman–Crippen MR) is 95.4 cm³/mol. The molecule has 0 aliphatic heterocycles. The fourth-order valence-corrected chi connectivity index (χ4v) is 2.92. The van der Waals surface area contributed by atoms with Gasteiger partial charge in [0.2, 0.25) is 0 Å². The highest BCUT2D eigenvalue weighted by Gasteiger charge is 2.28. The summed E-state index contributed by atoms with van der Waals surface area (Å²) in [5.74, 6) is -0.833. The van der Waals surface area contributed by atoms with E-state index in [0.717, 1.165) is 0 Å². The fraction of sp³-hybridized carbons (Fsp3) is 0.176. The largest absolute Gasteiger partial charge is 0.383 e. The molecule has 0 atom stereocenters. The molecule has 0 fully saturated rings. The predicted octanol–water partition coefficient (Wildman–Crippen LogP) is 0.954. The number of H-pyrrole nitrogens is 2. The second-order valence-corrected chi connectivity index (χ2v) is 5.89. The molecule has 0 bridgehead atoms. The van der Waals surface area contributed by atoms with Gasteiger partial charge in [-0.05, 0) is 31.5 Å². The number of nitrogens with one attached hydrogen (secondary N) is 2. The van der Waals surface area contributed by atoms with E-state index in [2.05, 4.69) is 19.9 Å². The molecule has 0 aliphatic rings. The topological polar surface area (TPSA) is 144 Å². The molecule has 1 aromatic carbocycles. The lowest BCUT2D eigenvalue weighted by atomic mass is 9.86. The maximum Gasteiger partial charge on any atom is 0.257 e. The van der Waals surface area contributed by atoms with Gasteiger partial charge in [0.1, 0.15) is 29.1 Å². The Morgan fingerprint density at radius 1 is 0.885 bits per heavy atom. The van der Waals surface area contributed by atoms with Crippen LogP contribution >= 0.6 is 0 Å². The second-order valence-electron chi connectivity index (χ2n) is 5.89. The third-order valence-corrected chi connectivity index (χ3v) is 3.99. The number of nitrogens with zero attached hydrogens (tertiary/aromatic N) is 2. The number of aromatic nitrogens is 4. The molecule has 0 saturated carbocycles. The number of anilines is 2. The van der Waals surface area contributed by atoms with Crippen molar-refractivity contribution < 1.29 is 4.39 Å². The number of hydrogen-bond acceptors (Lipinski definition) is 6. The van der Waals surface area contributed by atoms with Crippen LogP contribution in [0.3, 0.4) is 0 Å². The first-order valence-electron chi connectivity index (χ1n) is 7.76. The number of aromatic amines is 2. The molecular weight excluding hydrogens is 339 g/mol. The number of benzene rings is 1. The van der Waals surface area contributed by atoms with Gasteiger partial charge in [-0.3, -0.25) is 9.59 Å². The normalized spacial score (nSPS) is 11.1. The van der Waals surface area contributed by atoms with Crippen LogP contribution in [0.15, 0.2) is 33.9 Å². The van der Waals surface area contributed by atoms with E-state index in [1.54, 1.807) is 13.8 Å². The quantitative estimate of drug-likeness (QED) is 0.550. The Labute approximate surface area is 147 Å². The van der Waals surface area contributed by atoms with Crippen LogP contribution in [0.2, 0.25) is 0 Å². The van der Waals surface area contributed by atoms with E-state index >= 15 is 0 Å². The number of rotatable bonds is 3. The molecule has 0 unspecified atom stereocenters. The summed E-state index contributed by atoms with van der Waals surface area (Å²) in [5.41, 5.74) is 11.5. The Morgan fingerprint density at radius 3 is 1.69 bits per heavy atom. The zero-order valence-corrected chi connectivity index (χ0v) is 14.1. The molecule has 2 heterocycles. The van der Waals surface area contributed by atoms with Gasteiger partial charge in [0.05, 0.1) is 17.0 Å². The van der Waals surface area contributed by atoms with Crippen molar-refractivity contribution in [1.29, 1.82) is 0 Å². The minimum atomic E-state index is -0.954. The van der Waals surface area contributed by atoms with Crippen molar-refractivity contribution in [3.05, 3.63) is 79.1 Å². The van der Waals surface area contributed by atoms with E-state index < -0.39 is 22.9 Å². The molecule has 8 nitrogen and oxygen atoms in total. The number of nitrogen functional groups attached to an aromatic ring is 2. The van der Waals surface area contributed by atoms with Gasteiger partial charge in [-0.1, -0.05) is 12.1 Å². The Morgan fingerprint density at radius 2 is 1.31 bits per heavy atom. The Kier molecular flexibility index (Phi) is 4.29. The van der Waals surface area contributed by atoms with E-state index in [-0.39, 0.29) is 22.8 Å². The molecule has 26 heavy (non-hydrogen) atoms. The average Bonchev–Trinajstić information content (AvgIpc) is 2.52. The van der Waals surface area contributed by atoms with Crippen LogP contribution < -0.4 is 22.6 Å². The molecule has 0 spiro atoms. The maximum atomic E-state index is 13.4. The molecule has 3 aromatic rings. The molecule has 6 N–H and O–H groups in total. The molecule has 0 amide bonds. The van der Waals surface area contributed by atoms with E-state index in [1.807, 2.05) is 0 Å². The highest BCUT2D eigenvalue weighted by molar-refractivity contribution is 5.56. The lowest BCUT2D eigenvalue weighted by molar-refractivity contribution is 0.626. The summed E-state index contributed by atoms with van der Waals surface area (Å²) in [6, 6.07) is 5.36. The van der Waals surface area contributed by atoms with E-state index in [0.29, 0.717) is 17.2 Å². The highest BCUT2D eigenvalue weighted by Crippen LogP contribution is 2.32. The van der Waals surface area contributed by atoms with Crippen LogP contribution in [0.5, 0.6) is 0 Å². The van der Waals surface area contributed by atoms with Crippen molar-refractivity contribution in [2.45, 2.75) is 19.8 Å². The van der Waals surface area contributed by atoms with Crippen LogP contribution in [0.25, 0.3) is 0 Å². The summed E-state index contributed by atoms with van der Waals surface area (Å²) in [6.07, 6.45) is 0. The first-order valence-corrected chi connectivity index (χ1v) is 7.76. The van der Waals surface area contributed by atoms with Crippen molar-refractivity contribution in [3.8, 4) is 0 Å². The van der Waals surface area contributed by atoms with Crippen molar-refractivity contribution in [1.82, 2.24) is 19.9 Å². The van der Waals surface area contributed by atoms with Gasteiger partial charge in [0, 0.05) is 0 Å². The smallest absolute Gasteiger partial charge is 0.257 e. The van der Waals surface area contributed by atoms with Crippen molar-refractivity contribution in [3.63, 3.8) is 0 Å². The Hall–Kier alpha value is -3.49. The van der Waals surface area contributed by atoms with Crippen LogP contribution in [0, 0.1) is 19.7 Å². The summed E-state index contributed by atoms with van der Waals surface area (Å²) in [6.45, 7) is 3.17. The SMILES string of the molecule is Cc1nc(N)c(C(c2ccc(F)cc2)c2c(N)nc(C)[nH]c2=O)c(=O)[nH]1. The van der Waals surface area contributed by atoms with Gasteiger partial charge < -0.3 is 21.4 Å². The van der Waals surface area contributed by atoms with E-state index in [9.17, 15) is 14.0 Å². The maximum absolute atomic E-state index is 13.4. The molecule has 0 saturated heterocycles. The van der Waals surface area contributed by atoms with Crippen molar-refractivity contribution in [2.24, 2.45) is 0 Å². The third-order valence-electron chi connectivity index (χ3n) is 3.99. The standard InChI is InChI=1S/C17H17FN6O2/c1-7-21-14(19)12(16(25)23-7)11(9-3-5-10(18)6-4-9)13-15(20)22-8(2)24-17(13)26/h3-6,11H,1-2H3,(H3,19,21,23,25)(H3,20,22,24,26). The summed E-state index contributed by atoms with van der Waals surface area (Å²) < 4.78 is 13.4. The number of hydrogen-bond donors (Lipinski definition) is 4. The fourth-order valence-electron chi connectivity index (χ4n) is 2.92. The van der Waals surface area contributed by atoms with E-state index in [4.69, 9.17) is 11.5 Å². The second kappa shape index (κ2) is 6.43. The summed E-state index contributed by atoms with van der Waals surface area (Å²) >= 11 is 0. The van der Waals surface area contributed by atoms with Gasteiger partial charge in [-0.15, -0.1) is 0 Å². The Balaban J connectivity index is 2.38. The first kappa shape index (κ1) is 17.3. The number of nitrogens with two attached hydrogens (primary N) is 2. The van der Waals surface area contributed by atoms with Crippen LogP contribution in [-0.2, 0) is 0 Å². The highest BCUT2D eigenvalue weighted by atomic mass is 19.1. The minimum absolute atomic E-state index is 0.0417. The van der Waals surface area contributed by atoms with Crippen LogP contribution in [0.1, 0.15) is 34.3 Å². The minimum Gasteiger partial charge on any atom is -0.383 e. The monoisotopic (exact) mass is 356 g/mol. The van der Waals surface area contributed by atoms with Gasteiger partial charge >= 0.3 is 0 Å². The first-order chi connectivity index (χ1) is 12.3. The lowest BCUT2D eigenvalue weighted by Crippen LogP contribution is -2.28. The average molecular weight is 356 g/mol. The van der Waals surface area contributed by atoms with Crippen LogP contribution in [-0.4, -0.2) is 19.9 Å². The van der Waals surface area contributed by atoms with Gasteiger partial charge in [0.25, 0.3) is 11.1 Å². The molecular formula is C17H17FN6O2. The summed E-state index contributed by atoms with van der Waals surface area (Å²) in [7, 11) is 0. The lowest BCUT2D eigenvalue weighted by Gasteiger charge is -2.19.